The van der Waals surface area contributed by atoms with E-state index >= 15 is 0 Å². The number of amides is 1. The highest BCUT2D eigenvalue weighted by molar-refractivity contribution is 9.10. The van der Waals surface area contributed by atoms with Gasteiger partial charge in [0.15, 0.2) is 0 Å². The maximum Gasteiger partial charge on any atom is 0.342 e. The Bertz CT molecular complexity index is 689. The Morgan fingerprint density at radius 2 is 1.89 bits per heavy atom. The fourth-order valence-electron chi connectivity index (χ4n) is 1.23. The molecule has 0 saturated carbocycles. The number of aromatic amines is 2. The van der Waals surface area contributed by atoms with Crippen LogP contribution in [0.5, 0.6) is 0 Å². The van der Waals surface area contributed by atoms with Crippen LogP contribution in [0.3, 0.4) is 0 Å². The molecule has 0 spiro atoms. The number of nitrogens with one attached hydrogen (secondary N) is 3. The van der Waals surface area contributed by atoms with Gasteiger partial charge in [-0.2, -0.15) is 5.10 Å². The predicted molar refractivity (Wildman–Crippen MR) is 67.6 cm³/mol. The van der Waals surface area contributed by atoms with Gasteiger partial charge in [0.25, 0.3) is 11.5 Å². The Hall–Kier alpha value is -2.22. The number of hydrogen-bond donors (Lipinski definition) is 3. The summed E-state index contributed by atoms with van der Waals surface area (Å²) in [4.78, 5) is 35.7. The van der Waals surface area contributed by atoms with Crippen molar-refractivity contribution in [2.45, 2.75) is 0 Å². The molecular weight excluding hydrogens is 304 g/mol. The van der Waals surface area contributed by atoms with E-state index in [2.05, 4.69) is 26.3 Å². The molecule has 1 aromatic carbocycles. The van der Waals surface area contributed by atoms with Crippen LogP contribution in [0.4, 0.5) is 5.69 Å². The minimum absolute atomic E-state index is 0.405. The van der Waals surface area contributed by atoms with E-state index in [4.69, 9.17) is 0 Å². The van der Waals surface area contributed by atoms with Crippen LogP contribution in [-0.4, -0.2) is 21.1 Å². The van der Waals surface area contributed by atoms with Crippen LogP contribution in [0.25, 0.3) is 0 Å². The van der Waals surface area contributed by atoms with Crippen molar-refractivity contribution < 1.29 is 4.79 Å². The zero-order valence-corrected chi connectivity index (χ0v) is 10.4. The van der Waals surface area contributed by atoms with Gasteiger partial charge in [-0.25, -0.2) is 9.89 Å². The summed E-state index contributed by atoms with van der Waals surface area (Å²) in [6.07, 6.45) is 0. The van der Waals surface area contributed by atoms with Gasteiger partial charge in [0, 0.05) is 10.2 Å². The second-order valence-corrected chi connectivity index (χ2v) is 4.23. The molecule has 0 aliphatic rings. The maximum absolute atomic E-state index is 11.7. The first-order valence-corrected chi connectivity index (χ1v) is 5.61. The molecule has 0 bridgehead atoms. The van der Waals surface area contributed by atoms with Crippen molar-refractivity contribution in [3.05, 3.63) is 55.3 Å². The number of H-pyrrole nitrogens is 2. The summed E-state index contributed by atoms with van der Waals surface area (Å²) in [6.45, 7) is 0. The van der Waals surface area contributed by atoms with Gasteiger partial charge >= 0.3 is 5.69 Å². The number of nitrogens with zero attached hydrogens (tertiary/aromatic N) is 1. The first-order chi connectivity index (χ1) is 8.56. The average Bonchev–Trinajstić information content (AvgIpc) is 2.32. The van der Waals surface area contributed by atoms with E-state index in [9.17, 15) is 14.4 Å². The van der Waals surface area contributed by atoms with Crippen molar-refractivity contribution in [2.75, 3.05) is 5.32 Å². The van der Waals surface area contributed by atoms with Gasteiger partial charge < -0.3 is 5.32 Å². The van der Waals surface area contributed by atoms with Gasteiger partial charge in [0.1, 0.15) is 0 Å². The second-order valence-electron chi connectivity index (χ2n) is 3.32. The SMILES string of the molecule is O=C(Nc1ccc(Br)cc1)c1n[nH]c(=O)[nH]c1=O. The minimum Gasteiger partial charge on any atom is -0.320 e. The summed E-state index contributed by atoms with van der Waals surface area (Å²) in [5.74, 6) is -0.699. The smallest absolute Gasteiger partial charge is 0.320 e. The van der Waals surface area contributed by atoms with Crippen molar-refractivity contribution in [1.82, 2.24) is 15.2 Å². The highest BCUT2D eigenvalue weighted by Crippen LogP contribution is 2.14. The van der Waals surface area contributed by atoms with Crippen LogP contribution < -0.4 is 16.6 Å². The Balaban J connectivity index is 2.24. The Morgan fingerprint density at radius 1 is 1.22 bits per heavy atom. The van der Waals surface area contributed by atoms with E-state index in [1.54, 1.807) is 24.3 Å². The lowest BCUT2D eigenvalue weighted by Crippen LogP contribution is -2.32. The lowest BCUT2D eigenvalue weighted by molar-refractivity contribution is 0.101. The largest absolute Gasteiger partial charge is 0.342 e. The fourth-order valence-corrected chi connectivity index (χ4v) is 1.49. The Kier molecular flexibility index (Phi) is 3.38. The van der Waals surface area contributed by atoms with E-state index < -0.39 is 22.9 Å². The average molecular weight is 311 g/mol. The zero-order valence-electron chi connectivity index (χ0n) is 8.86. The number of halogens is 1. The molecule has 7 nitrogen and oxygen atoms in total. The van der Waals surface area contributed by atoms with Crippen LogP contribution in [0.1, 0.15) is 10.5 Å². The van der Waals surface area contributed by atoms with E-state index in [0.717, 1.165) is 4.47 Å². The topological polar surface area (TPSA) is 108 Å². The van der Waals surface area contributed by atoms with Crippen molar-refractivity contribution >= 4 is 27.5 Å². The zero-order chi connectivity index (χ0) is 13.1. The minimum atomic E-state index is -0.839. The number of benzene rings is 1. The van der Waals surface area contributed by atoms with Gasteiger partial charge in [-0.3, -0.25) is 14.6 Å². The molecule has 3 N–H and O–H groups in total. The molecule has 1 aromatic heterocycles. The standard InChI is InChI=1S/C10H7BrN4O3/c11-5-1-3-6(4-2-5)12-8(16)7-9(17)13-10(18)15-14-7/h1-4H,(H,12,16)(H2,13,15,17,18). The monoisotopic (exact) mass is 310 g/mol. The molecule has 0 unspecified atom stereocenters. The summed E-state index contributed by atoms with van der Waals surface area (Å²) in [7, 11) is 0. The molecule has 92 valence electrons. The molecule has 0 radical (unpaired) electrons. The van der Waals surface area contributed by atoms with Crippen molar-refractivity contribution in [3.8, 4) is 0 Å². The molecule has 1 amide bonds. The Labute approximate surface area is 108 Å². The second kappa shape index (κ2) is 4.96. The summed E-state index contributed by atoms with van der Waals surface area (Å²) in [5.41, 5.74) is -1.50. The van der Waals surface area contributed by atoms with E-state index in [1.165, 1.54) is 0 Å². The first kappa shape index (κ1) is 12.2. The molecule has 8 heteroatoms. The lowest BCUT2D eigenvalue weighted by atomic mass is 10.3. The molecule has 0 aliphatic heterocycles. The van der Waals surface area contributed by atoms with E-state index in [1.807, 2.05) is 10.1 Å². The van der Waals surface area contributed by atoms with Gasteiger partial charge in [-0.15, -0.1) is 0 Å². The molecule has 0 fully saturated rings. The summed E-state index contributed by atoms with van der Waals surface area (Å²) in [5, 5.41) is 7.86. The third kappa shape index (κ3) is 2.72. The van der Waals surface area contributed by atoms with Crippen LogP contribution in [0.15, 0.2) is 38.3 Å². The summed E-state index contributed by atoms with van der Waals surface area (Å²) >= 11 is 3.26. The predicted octanol–water partition coefficient (Wildman–Crippen LogP) is 0.473. The Morgan fingerprint density at radius 3 is 2.50 bits per heavy atom. The third-order valence-corrected chi connectivity index (χ3v) is 2.56. The summed E-state index contributed by atoms with van der Waals surface area (Å²) in [6, 6.07) is 6.78. The number of rotatable bonds is 2. The molecule has 0 atom stereocenters. The number of anilines is 1. The lowest BCUT2D eigenvalue weighted by Gasteiger charge is -2.03. The molecule has 0 aliphatic carbocycles. The maximum atomic E-state index is 11.7. The number of hydrogen-bond acceptors (Lipinski definition) is 4. The summed E-state index contributed by atoms with van der Waals surface area (Å²) < 4.78 is 0.862. The molecule has 18 heavy (non-hydrogen) atoms. The number of carbonyl (C=O) groups is 1. The first-order valence-electron chi connectivity index (χ1n) is 4.82. The highest BCUT2D eigenvalue weighted by atomic mass is 79.9. The van der Waals surface area contributed by atoms with Crippen LogP contribution >= 0.6 is 15.9 Å². The van der Waals surface area contributed by atoms with Crippen LogP contribution in [-0.2, 0) is 0 Å². The fraction of sp³-hybridized carbons (Fsp3) is 0. The third-order valence-electron chi connectivity index (χ3n) is 2.03. The van der Waals surface area contributed by atoms with Crippen molar-refractivity contribution in [3.63, 3.8) is 0 Å². The van der Waals surface area contributed by atoms with Gasteiger partial charge in [0.05, 0.1) is 0 Å². The molecule has 0 saturated heterocycles. The van der Waals surface area contributed by atoms with E-state index in [0.29, 0.717) is 5.69 Å². The van der Waals surface area contributed by atoms with Crippen molar-refractivity contribution in [1.29, 1.82) is 0 Å². The van der Waals surface area contributed by atoms with Crippen LogP contribution in [0.2, 0.25) is 0 Å². The highest BCUT2D eigenvalue weighted by Gasteiger charge is 2.12. The quantitative estimate of drug-likeness (QED) is 0.749. The molecular formula is C10H7BrN4O3. The van der Waals surface area contributed by atoms with Gasteiger partial charge in [-0.1, -0.05) is 15.9 Å². The molecule has 2 aromatic rings. The van der Waals surface area contributed by atoms with Gasteiger partial charge in [0.2, 0.25) is 5.69 Å². The van der Waals surface area contributed by atoms with Crippen molar-refractivity contribution in [2.24, 2.45) is 0 Å². The number of carbonyl (C=O) groups excluding carboxylic acids is 1. The van der Waals surface area contributed by atoms with E-state index in [-0.39, 0.29) is 0 Å². The normalized spacial score (nSPS) is 10.1. The van der Waals surface area contributed by atoms with Gasteiger partial charge in [-0.05, 0) is 24.3 Å². The number of aromatic nitrogens is 3. The molecule has 2 rings (SSSR count). The molecule has 1 heterocycles. The van der Waals surface area contributed by atoms with Crippen LogP contribution in [0, 0.1) is 0 Å².